The predicted molar refractivity (Wildman–Crippen MR) is 91.4 cm³/mol. The summed E-state index contributed by atoms with van der Waals surface area (Å²) < 4.78 is 11.4. The highest BCUT2D eigenvalue weighted by Crippen LogP contribution is 2.38. The first-order chi connectivity index (χ1) is 11.2. The van der Waals surface area contributed by atoms with Crippen molar-refractivity contribution in [3.63, 3.8) is 0 Å². The van der Waals surface area contributed by atoms with E-state index in [1.54, 1.807) is 62.4 Å². The van der Waals surface area contributed by atoms with E-state index in [4.69, 9.17) is 0 Å². The summed E-state index contributed by atoms with van der Waals surface area (Å²) in [5.74, 6) is -2.56. The first kappa shape index (κ1) is 18.3. The van der Waals surface area contributed by atoms with Crippen LogP contribution in [0.3, 0.4) is 0 Å². The van der Waals surface area contributed by atoms with Crippen LogP contribution in [-0.2, 0) is 4.57 Å². The number of carbonyl (C=O) groups excluding carboxylic acids is 2. The van der Waals surface area contributed by atoms with Gasteiger partial charge < -0.3 is 9.79 Å². The van der Waals surface area contributed by atoms with Crippen molar-refractivity contribution in [3.8, 4) is 0 Å². The third-order valence-electron chi connectivity index (χ3n) is 3.66. The predicted octanol–water partition coefficient (Wildman–Crippen LogP) is 3.16. The van der Waals surface area contributed by atoms with Crippen molar-refractivity contribution in [3.05, 3.63) is 70.8 Å². The summed E-state index contributed by atoms with van der Waals surface area (Å²) in [6.07, 6.45) is -0.799. The molecule has 0 spiro atoms. The average Bonchev–Trinajstić information content (AvgIpc) is 2.50. The average molecular weight is 346 g/mol. The molecule has 0 amide bonds. The van der Waals surface area contributed by atoms with E-state index < -0.39 is 31.2 Å². The third kappa shape index (κ3) is 4.71. The van der Waals surface area contributed by atoms with Crippen LogP contribution in [0.25, 0.3) is 0 Å². The van der Waals surface area contributed by atoms with Crippen molar-refractivity contribution in [2.75, 3.05) is 6.16 Å². The molecular weight excluding hydrogens is 327 g/mol. The second-order valence-electron chi connectivity index (χ2n) is 5.87. The molecule has 0 unspecified atom stereocenters. The highest BCUT2D eigenvalue weighted by Gasteiger charge is 2.34. The lowest BCUT2D eigenvalue weighted by atomic mass is 9.90. The van der Waals surface area contributed by atoms with Gasteiger partial charge in [0.15, 0.2) is 11.6 Å². The highest BCUT2D eigenvalue weighted by molar-refractivity contribution is 7.51. The number of aryl methyl sites for hydroxylation is 2. The Morgan fingerprint density at radius 2 is 1.33 bits per heavy atom. The molecule has 0 saturated carbocycles. The van der Waals surface area contributed by atoms with E-state index in [1.165, 1.54) is 0 Å². The summed E-state index contributed by atoms with van der Waals surface area (Å²) in [5, 5.41) is 0. The van der Waals surface area contributed by atoms with Crippen LogP contribution in [0.2, 0.25) is 0 Å². The van der Waals surface area contributed by atoms with Crippen LogP contribution in [0, 0.1) is 19.8 Å². The molecule has 6 heteroatoms. The number of carbonyl (C=O) groups is 2. The summed E-state index contributed by atoms with van der Waals surface area (Å²) in [5.41, 5.74) is 2.21. The molecule has 0 aliphatic rings. The Balaban J connectivity index is 2.43. The molecular formula is C18H19O5P. The number of ketones is 2. The monoisotopic (exact) mass is 346 g/mol. The van der Waals surface area contributed by atoms with E-state index in [0.717, 1.165) is 11.1 Å². The smallest absolute Gasteiger partial charge is 0.324 e. The summed E-state index contributed by atoms with van der Waals surface area (Å²) in [4.78, 5) is 44.0. The Morgan fingerprint density at radius 3 is 1.67 bits per heavy atom. The first-order valence-corrected chi connectivity index (χ1v) is 9.23. The SMILES string of the molecule is Cc1cccc(C(=O)C(CP(=O)(O)O)C(=O)c2cccc(C)c2)c1. The fourth-order valence-electron chi connectivity index (χ4n) is 2.52. The van der Waals surface area contributed by atoms with Crippen molar-refractivity contribution in [2.24, 2.45) is 5.92 Å². The topological polar surface area (TPSA) is 91.7 Å². The van der Waals surface area contributed by atoms with Gasteiger partial charge in [-0.25, -0.2) is 0 Å². The van der Waals surface area contributed by atoms with Gasteiger partial charge in [0.25, 0.3) is 0 Å². The van der Waals surface area contributed by atoms with Gasteiger partial charge in [-0.3, -0.25) is 14.2 Å². The van der Waals surface area contributed by atoms with Gasteiger partial charge in [0.1, 0.15) is 0 Å². The summed E-state index contributed by atoms with van der Waals surface area (Å²) in [6.45, 7) is 3.61. The lowest BCUT2D eigenvalue weighted by Gasteiger charge is -2.16. The largest absolute Gasteiger partial charge is 0.326 e. The number of benzene rings is 2. The van der Waals surface area contributed by atoms with Crippen molar-refractivity contribution in [2.45, 2.75) is 13.8 Å². The van der Waals surface area contributed by atoms with Crippen LogP contribution >= 0.6 is 7.60 Å². The van der Waals surface area contributed by atoms with E-state index in [0.29, 0.717) is 0 Å². The quantitative estimate of drug-likeness (QED) is 0.476. The molecule has 0 aliphatic carbocycles. The van der Waals surface area contributed by atoms with Crippen LogP contribution in [0.15, 0.2) is 48.5 Å². The van der Waals surface area contributed by atoms with Crippen molar-refractivity contribution >= 4 is 19.2 Å². The van der Waals surface area contributed by atoms with Crippen LogP contribution < -0.4 is 0 Å². The second kappa shape index (κ2) is 7.22. The molecule has 0 heterocycles. The van der Waals surface area contributed by atoms with Crippen LogP contribution in [0.5, 0.6) is 0 Å². The number of hydrogen-bond acceptors (Lipinski definition) is 3. The molecule has 0 radical (unpaired) electrons. The Bertz CT molecular complexity index is 764. The van der Waals surface area contributed by atoms with E-state index in [-0.39, 0.29) is 11.1 Å². The third-order valence-corrected chi connectivity index (χ3v) is 4.50. The molecule has 5 nitrogen and oxygen atoms in total. The van der Waals surface area contributed by atoms with Crippen molar-refractivity contribution in [1.82, 2.24) is 0 Å². The summed E-state index contributed by atoms with van der Waals surface area (Å²) in [6, 6.07) is 13.3. The Morgan fingerprint density at radius 1 is 0.917 bits per heavy atom. The zero-order valence-electron chi connectivity index (χ0n) is 13.5. The molecule has 0 saturated heterocycles. The lowest BCUT2D eigenvalue weighted by Crippen LogP contribution is -2.28. The second-order valence-corrected chi connectivity index (χ2v) is 7.56. The first-order valence-electron chi connectivity index (χ1n) is 7.44. The van der Waals surface area contributed by atoms with E-state index in [9.17, 15) is 23.9 Å². The van der Waals surface area contributed by atoms with Crippen molar-refractivity contribution in [1.29, 1.82) is 0 Å². The molecule has 0 bridgehead atoms. The molecule has 0 aliphatic heterocycles. The molecule has 2 N–H and O–H groups in total. The maximum atomic E-state index is 12.7. The molecule has 2 aromatic carbocycles. The summed E-state index contributed by atoms with van der Waals surface area (Å²) in [7, 11) is -4.54. The maximum absolute atomic E-state index is 12.7. The van der Waals surface area contributed by atoms with Gasteiger partial charge in [-0.2, -0.15) is 0 Å². The van der Waals surface area contributed by atoms with Crippen molar-refractivity contribution < 1.29 is 23.9 Å². The number of hydrogen-bond donors (Lipinski definition) is 2. The number of rotatable bonds is 6. The van der Waals surface area contributed by atoms with E-state index >= 15 is 0 Å². The molecule has 0 aromatic heterocycles. The molecule has 0 atom stereocenters. The van der Waals surface area contributed by atoms with Crippen LogP contribution in [0.4, 0.5) is 0 Å². The zero-order valence-corrected chi connectivity index (χ0v) is 14.4. The standard InChI is InChI=1S/C18H19O5P/c1-12-5-3-7-14(9-12)17(19)16(11-24(21,22)23)18(20)15-8-4-6-13(2)10-15/h3-10,16H,11H2,1-2H3,(H2,21,22,23). The Labute approximate surface area is 140 Å². The van der Waals surface area contributed by atoms with Crippen LogP contribution in [0.1, 0.15) is 31.8 Å². The van der Waals surface area contributed by atoms with Crippen LogP contribution in [-0.4, -0.2) is 27.5 Å². The minimum atomic E-state index is -4.54. The minimum Gasteiger partial charge on any atom is -0.324 e. The fraction of sp³-hybridized carbons (Fsp3) is 0.222. The Kier molecular flexibility index (Phi) is 5.50. The van der Waals surface area contributed by atoms with E-state index in [1.807, 2.05) is 0 Å². The van der Waals surface area contributed by atoms with Gasteiger partial charge >= 0.3 is 7.60 Å². The minimum absolute atomic E-state index is 0.273. The molecule has 2 aromatic rings. The van der Waals surface area contributed by atoms with Gasteiger partial charge in [0, 0.05) is 11.1 Å². The maximum Gasteiger partial charge on any atom is 0.326 e. The van der Waals surface area contributed by atoms with Gasteiger partial charge in [0.05, 0.1) is 12.1 Å². The van der Waals surface area contributed by atoms with E-state index in [2.05, 4.69) is 0 Å². The summed E-state index contributed by atoms with van der Waals surface area (Å²) >= 11 is 0. The molecule has 2 rings (SSSR count). The lowest BCUT2D eigenvalue weighted by molar-refractivity contribution is 0.0817. The van der Waals surface area contributed by atoms with Gasteiger partial charge in [-0.15, -0.1) is 0 Å². The number of Topliss-reactive ketones (excluding diaryl/α,β-unsaturated/α-hetero) is 2. The molecule has 126 valence electrons. The van der Waals surface area contributed by atoms with Gasteiger partial charge in [0.2, 0.25) is 0 Å². The van der Waals surface area contributed by atoms with Gasteiger partial charge in [-0.1, -0.05) is 47.5 Å². The Hall–Kier alpha value is -2.07. The molecule has 0 fully saturated rings. The van der Waals surface area contributed by atoms with Gasteiger partial charge in [-0.05, 0) is 26.0 Å². The zero-order chi connectivity index (χ0) is 17.9. The normalized spacial score (nSPS) is 11.5. The highest BCUT2D eigenvalue weighted by atomic mass is 31.2. The fourth-order valence-corrected chi connectivity index (χ4v) is 3.33. The molecule has 24 heavy (non-hydrogen) atoms.